The van der Waals surface area contributed by atoms with E-state index in [4.69, 9.17) is 0 Å². The lowest BCUT2D eigenvalue weighted by molar-refractivity contribution is 0.431. The Bertz CT molecular complexity index is 385. The fourth-order valence-electron chi connectivity index (χ4n) is 2.12. The van der Waals surface area contributed by atoms with Gasteiger partial charge in [-0.15, -0.1) is 0 Å². The number of fused-ring (bicyclic) bond motifs is 1. The summed E-state index contributed by atoms with van der Waals surface area (Å²) in [5, 5.41) is 0. The molecule has 88 valence electrons. The summed E-state index contributed by atoms with van der Waals surface area (Å²) in [6.45, 7) is 5.72. The van der Waals surface area contributed by atoms with E-state index in [-0.39, 0.29) is 0 Å². The third kappa shape index (κ3) is 1.94. The first kappa shape index (κ1) is 12.8. The Kier molecular flexibility index (Phi) is 3.95. The van der Waals surface area contributed by atoms with Gasteiger partial charge in [0.05, 0.1) is 35.6 Å². The van der Waals surface area contributed by atoms with Crippen LogP contribution in [0.3, 0.4) is 0 Å². The first-order chi connectivity index (χ1) is 7.61. The number of hydrogen-bond acceptors (Lipinski definition) is 2. The van der Waals surface area contributed by atoms with Gasteiger partial charge in [-0.05, 0) is 6.42 Å². The standard InChI is InChI=1S/C11H16I2N3/c1-3-4-7-16(13)9(2)15(12)10-8-14-6-5-11(10)16/h5-6,8-9H,3-4,7H2,1-2H3/q+1. The maximum absolute atomic E-state index is 4.23. The Morgan fingerprint density at radius 3 is 3.00 bits per heavy atom. The Morgan fingerprint density at radius 2 is 2.31 bits per heavy atom. The minimum atomic E-state index is 0.479. The van der Waals surface area contributed by atoms with Crippen molar-refractivity contribution < 1.29 is 0 Å². The van der Waals surface area contributed by atoms with Gasteiger partial charge in [0.25, 0.3) is 22.9 Å². The molecule has 1 aliphatic rings. The lowest BCUT2D eigenvalue weighted by Gasteiger charge is -2.31. The molecule has 2 atom stereocenters. The summed E-state index contributed by atoms with van der Waals surface area (Å²) in [5.41, 5.74) is 2.66. The number of unbranched alkanes of at least 4 members (excludes halogenated alkanes) is 1. The summed E-state index contributed by atoms with van der Waals surface area (Å²) < 4.78 is 3.29. The summed E-state index contributed by atoms with van der Waals surface area (Å²) in [4.78, 5) is 4.23. The SMILES string of the molecule is CCCC[N+]1(I)c2ccncc2N(I)C1C. The molecule has 0 N–H and O–H groups in total. The molecule has 2 rings (SSSR count). The van der Waals surface area contributed by atoms with Crippen molar-refractivity contribution >= 4 is 57.1 Å². The third-order valence-corrected chi connectivity index (χ3v) is 6.30. The monoisotopic (exact) mass is 444 g/mol. The zero-order valence-corrected chi connectivity index (χ0v) is 13.8. The lowest BCUT2D eigenvalue weighted by Crippen LogP contribution is -2.48. The number of halogens is 2. The van der Waals surface area contributed by atoms with Gasteiger partial charge in [-0.2, -0.15) is 0 Å². The van der Waals surface area contributed by atoms with E-state index in [1.807, 2.05) is 12.4 Å². The Balaban J connectivity index is 2.39. The van der Waals surface area contributed by atoms with E-state index in [2.05, 4.69) is 73.7 Å². The summed E-state index contributed by atoms with van der Waals surface area (Å²) in [7, 11) is 0. The van der Waals surface area contributed by atoms with Crippen LogP contribution in [0, 0.1) is 0 Å². The van der Waals surface area contributed by atoms with Gasteiger partial charge >= 0.3 is 0 Å². The molecule has 0 saturated heterocycles. The molecule has 1 aromatic heterocycles. The highest BCUT2D eigenvalue weighted by Crippen LogP contribution is 2.49. The van der Waals surface area contributed by atoms with Gasteiger partial charge < -0.3 is 0 Å². The number of aromatic nitrogens is 1. The molecule has 0 aromatic carbocycles. The van der Waals surface area contributed by atoms with Gasteiger partial charge in [-0.1, -0.05) is 13.3 Å². The molecule has 0 fully saturated rings. The van der Waals surface area contributed by atoms with Crippen molar-refractivity contribution in [3.63, 3.8) is 0 Å². The van der Waals surface area contributed by atoms with E-state index < -0.39 is 0 Å². The van der Waals surface area contributed by atoms with Crippen molar-refractivity contribution in [1.29, 1.82) is 0 Å². The van der Waals surface area contributed by atoms with Crippen LogP contribution in [0.5, 0.6) is 0 Å². The fourth-order valence-corrected chi connectivity index (χ4v) is 4.39. The van der Waals surface area contributed by atoms with E-state index in [9.17, 15) is 0 Å². The van der Waals surface area contributed by atoms with E-state index in [1.165, 1.54) is 30.8 Å². The van der Waals surface area contributed by atoms with Gasteiger partial charge in [0.1, 0.15) is 5.69 Å². The molecule has 0 spiro atoms. The highest BCUT2D eigenvalue weighted by Gasteiger charge is 2.47. The first-order valence-corrected chi connectivity index (χ1v) is 7.51. The smallest absolute Gasteiger partial charge is 0.256 e. The minimum absolute atomic E-state index is 0.479. The molecule has 0 aliphatic carbocycles. The molecule has 16 heavy (non-hydrogen) atoms. The van der Waals surface area contributed by atoms with Crippen LogP contribution in [0.2, 0.25) is 0 Å². The molecule has 0 radical (unpaired) electrons. The molecule has 1 aliphatic heterocycles. The Hall–Kier alpha value is 0.370. The minimum Gasteiger partial charge on any atom is -0.262 e. The molecule has 5 heteroatoms. The molecule has 2 unspecified atom stereocenters. The summed E-state index contributed by atoms with van der Waals surface area (Å²) >= 11 is 4.98. The number of quaternary nitrogens is 1. The highest BCUT2D eigenvalue weighted by molar-refractivity contribution is 14.1. The topological polar surface area (TPSA) is 16.1 Å². The second kappa shape index (κ2) is 4.93. The summed E-state index contributed by atoms with van der Waals surface area (Å²) in [6.07, 6.45) is 6.87. The average molecular weight is 444 g/mol. The van der Waals surface area contributed by atoms with Crippen molar-refractivity contribution in [1.82, 2.24) is 7.68 Å². The van der Waals surface area contributed by atoms with Gasteiger partial charge in [0, 0.05) is 19.2 Å². The Labute approximate surface area is 125 Å². The molecule has 0 amide bonds. The number of nitrogens with zero attached hydrogens (tertiary/aromatic N) is 3. The van der Waals surface area contributed by atoms with Crippen LogP contribution >= 0.6 is 45.7 Å². The maximum Gasteiger partial charge on any atom is 0.256 e. The van der Waals surface area contributed by atoms with E-state index in [0.29, 0.717) is 6.17 Å². The van der Waals surface area contributed by atoms with Crippen molar-refractivity contribution in [2.24, 2.45) is 0 Å². The maximum atomic E-state index is 4.23. The highest BCUT2D eigenvalue weighted by atomic mass is 127. The normalized spacial score (nSPS) is 28.2. The van der Waals surface area contributed by atoms with Crippen LogP contribution in [0.15, 0.2) is 18.5 Å². The predicted molar refractivity (Wildman–Crippen MR) is 85.8 cm³/mol. The molecular weight excluding hydrogens is 428 g/mol. The largest absolute Gasteiger partial charge is 0.262 e. The van der Waals surface area contributed by atoms with Crippen LogP contribution in [-0.2, 0) is 0 Å². The van der Waals surface area contributed by atoms with Gasteiger partial charge in [0.2, 0.25) is 0 Å². The van der Waals surface area contributed by atoms with E-state index in [0.717, 1.165) is 2.70 Å². The van der Waals surface area contributed by atoms with E-state index in [1.54, 1.807) is 0 Å². The zero-order chi connectivity index (χ0) is 11.8. The molecule has 0 bridgehead atoms. The van der Waals surface area contributed by atoms with Crippen molar-refractivity contribution in [2.45, 2.75) is 32.9 Å². The third-order valence-electron chi connectivity index (χ3n) is 3.17. The van der Waals surface area contributed by atoms with Crippen LogP contribution in [0.25, 0.3) is 0 Å². The summed E-state index contributed by atoms with van der Waals surface area (Å²) in [6, 6.07) is 2.16. The number of anilines is 1. The Morgan fingerprint density at radius 1 is 1.56 bits per heavy atom. The van der Waals surface area contributed by atoms with Gasteiger partial charge in [-0.25, -0.2) is 2.70 Å². The zero-order valence-electron chi connectivity index (χ0n) is 9.53. The second-order valence-corrected chi connectivity index (χ2v) is 6.92. The first-order valence-electron chi connectivity index (χ1n) is 5.58. The van der Waals surface area contributed by atoms with Crippen LogP contribution in [0.4, 0.5) is 11.4 Å². The number of rotatable bonds is 3. The second-order valence-electron chi connectivity index (χ2n) is 4.16. The summed E-state index contributed by atoms with van der Waals surface area (Å²) in [5.74, 6) is 0. The van der Waals surface area contributed by atoms with Gasteiger partial charge in [0.15, 0.2) is 11.9 Å². The molecule has 2 heterocycles. The van der Waals surface area contributed by atoms with Crippen LogP contribution < -0.4 is 5.81 Å². The average Bonchev–Trinajstić information content (AvgIpc) is 2.51. The molecular formula is C11H16I2N3+. The molecule has 1 aromatic rings. The van der Waals surface area contributed by atoms with Gasteiger partial charge in [-0.3, -0.25) is 8.10 Å². The van der Waals surface area contributed by atoms with Crippen LogP contribution in [0.1, 0.15) is 26.7 Å². The molecule has 3 nitrogen and oxygen atoms in total. The van der Waals surface area contributed by atoms with Crippen LogP contribution in [-0.4, -0.2) is 17.7 Å². The van der Waals surface area contributed by atoms with Crippen molar-refractivity contribution in [2.75, 3.05) is 9.66 Å². The van der Waals surface area contributed by atoms with Crippen molar-refractivity contribution in [3.05, 3.63) is 18.5 Å². The number of hydrogen-bond donors (Lipinski definition) is 0. The van der Waals surface area contributed by atoms with E-state index >= 15 is 0 Å². The fraction of sp³-hybridized carbons (Fsp3) is 0.545. The molecule has 0 saturated carbocycles. The lowest BCUT2D eigenvalue weighted by atomic mass is 10.3. The quantitative estimate of drug-likeness (QED) is 0.517. The predicted octanol–water partition coefficient (Wildman–Crippen LogP) is 4.06. The number of pyridine rings is 1. The van der Waals surface area contributed by atoms with Crippen molar-refractivity contribution in [3.8, 4) is 0 Å².